The predicted octanol–water partition coefficient (Wildman–Crippen LogP) is 3.71. The normalized spacial score (nSPS) is 24.0. The topological polar surface area (TPSA) is 75.3 Å². The summed E-state index contributed by atoms with van der Waals surface area (Å²) in [6.45, 7) is 1.91. The molecule has 2 aliphatic carbocycles. The molecule has 1 amide bonds. The van der Waals surface area contributed by atoms with Crippen LogP contribution in [0.15, 0.2) is 53.4 Å². The molecule has 2 saturated carbocycles. The summed E-state index contributed by atoms with van der Waals surface area (Å²) in [6.07, 6.45) is 4.84. The van der Waals surface area contributed by atoms with E-state index in [9.17, 15) is 13.2 Å². The monoisotopic (exact) mass is 384 g/mol. The molecule has 0 aliphatic heterocycles. The molecule has 2 aliphatic rings. The second kappa shape index (κ2) is 7.00. The van der Waals surface area contributed by atoms with Crippen LogP contribution in [0.2, 0.25) is 0 Å². The van der Waals surface area contributed by atoms with Gasteiger partial charge in [0, 0.05) is 17.3 Å². The van der Waals surface area contributed by atoms with Gasteiger partial charge in [0.25, 0.3) is 15.9 Å². The number of hydrogen-bond donors (Lipinski definition) is 2. The predicted molar refractivity (Wildman–Crippen MR) is 105 cm³/mol. The zero-order valence-electron chi connectivity index (χ0n) is 15.3. The molecule has 0 spiro atoms. The molecular weight excluding hydrogens is 360 g/mol. The Kier molecular flexibility index (Phi) is 4.68. The second-order valence-corrected chi connectivity index (χ2v) is 9.43. The number of rotatable bonds is 5. The minimum absolute atomic E-state index is 0.0829. The quantitative estimate of drug-likeness (QED) is 0.825. The number of nitrogens with one attached hydrogen (secondary N) is 2. The largest absolute Gasteiger partial charge is 0.349 e. The molecule has 0 heterocycles. The summed E-state index contributed by atoms with van der Waals surface area (Å²) in [5.74, 6) is 1.32. The number of hydrogen-bond acceptors (Lipinski definition) is 3. The Morgan fingerprint density at radius 3 is 2.26 bits per heavy atom. The van der Waals surface area contributed by atoms with Gasteiger partial charge in [-0.15, -0.1) is 0 Å². The zero-order chi connectivity index (χ0) is 19.0. The van der Waals surface area contributed by atoms with E-state index in [0.717, 1.165) is 17.9 Å². The van der Waals surface area contributed by atoms with Crippen LogP contribution in [0.3, 0.4) is 0 Å². The summed E-state index contributed by atoms with van der Waals surface area (Å²) in [5, 5.41) is 3.15. The first-order chi connectivity index (χ1) is 12.9. The summed E-state index contributed by atoms with van der Waals surface area (Å²) < 4.78 is 27.4. The fourth-order valence-corrected chi connectivity index (χ4v) is 5.35. The number of benzene rings is 2. The zero-order valence-corrected chi connectivity index (χ0v) is 16.1. The molecule has 3 unspecified atom stereocenters. The molecule has 27 heavy (non-hydrogen) atoms. The summed E-state index contributed by atoms with van der Waals surface area (Å²) in [4.78, 5) is 12.7. The standard InChI is InChI=1S/C21H24N2O3S/c1-14-2-10-19(11-3-14)27(25,26)23-18-8-6-16(7-9-18)21(24)22-20-13-15-4-5-17(20)12-15/h2-3,6-11,15,17,20,23H,4-5,12-13H2,1H3,(H,22,24). The Bertz CT molecular complexity index is 936. The lowest BCUT2D eigenvalue weighted by molar-refractivity contribution is 0.0923. The first-order valence-corrected chi connectivity index (χ1v) is 10.9. The van der Waals surface area contributed by atoms with Crippen LogP contribution in [0.1, 0.15) is 41.6 Å². The average molecular weight is 385 g/mol. The number of sulfonamides is 1. The minimum Gasteiger partial charge on any atom is -0.349 e. The summed E-state index contributed by atoms with van der Waals surface area (Å²) in [6, 6.07) is 13.5. The van der Waals surface area contributed by atoms with Gasteiger partial charge in [-0.25, -0.2) is 8.42 Å². The van der Waals surface area contributed by atoms with Crippen molar-refractivity contribution in [2.75, 3.05) is 4.72 Å². The Labute approximate surface area is 160 Å². The molecule has 3 atom stereocenters. The Hall–Kier alpha value is -2.34. The van der Waals surface area contributed by atoms with Gasteiger partial charge >= 0.3 is 0 Å². The van der Waals surface area contributed by atoms with Gasteiger partial charge in [-0.2, -0.15) is 0 Å². The molecule has 2 aromatic rings. The third kappa shape index (κ3) is 3.86. The molecule has 0 radical (unpaired) electrons. The molecule has 2 N–H and O–H groups in total. The van der Waals surface area contributed by atoms with Crippen LogP contribution in [-0.2, 0) is 10.0 Å². The van der Waals surface area contributed by atoms with Crippen molar-refractivity contribution in [1.82, 2.24) is 5.32 Å². The van der Waals surface area contributed by atoms with E-state index in [0.29, 0.717) is 17.2 Å². The van der Waals surface area contributed by atoms with Gasteiger partial charge in [0.05, 0.1) is 4.90 Å². The van der Waals surface area contributed by atoms with E-state index >= 15 is 0 Å². The van der Waals surface area contributed by atoms with E-state index in [1.54, 1.807) is 48.5 Å². The molecule has 2 aromatic carbocycles. The smallest absolute Gasteiger partial charge is 0.261 e. The number of carbonyl (C=O) groups is 1. The summed E-state index contributed by atoms with van der Waals surface area (Å²) >= 11 is 0. The highest BCUT2D eigenvalue weighted by molar-refractivity contribution is 7.92. The molecule has 5 nitrogen and oxygen atoms in total. The van der Waals surface area contributed by atoms with Gasteiger partial charge in [0.2, 0.25) is 0 Å². The number of fused-ring (bicyclic) bond motifs is 2. The van der Waals surface area contributed by atoms with Crippen LogP contribution in [-0.4, -0.2) is 20.4 Å². The number of aryl methyl sites for hydroxylation is 1. The van der Waals surface area contributed by atoms with Crippen molar-refractivity contribution in [1.29, 1.82) is 0 Å². The number of amides is 1. The van der Waals surface area contributed by atoms with Crippen molar-refractivity contribution in [3.8, 4) is 0 Å². The van der Waals surface area contributed by atoms with Crippen LogP contribution >= 0.6 is 0 Å². The van der Waals surface area contributed by atoms with E-state index in [1.165, 1.54) is 19.3 Å². The summed E-state index contributed by atoms with van der Waals surface area (Å²) in [7, 11) is -3.64. The maximum atomic E-state index is 12.5. The van der Waals surface area contributed by atoms with Crippen LogP contribution in [0.5, 0.6) is 0 Å². The molecule has 0 saturated heterocycles. The number of carbonyl (C=O) groups excluding carboxylic acids is 1. The highest BCUT2D eigenvalue weighted by atomic mass is 32.2. The second-order valence-electron chi connectivity index (χ2n) is 7.75. The fourth-order valence-electron chi connectivity index (χ4n) is 4.29. The van der Waals surface area contributed by atoms with Crippen LogP contribution in [0.4, 0.5) is 5.69 Å². The maximum Gasteiger partial charge on any atom is 0.261 e. The first kappa shape index (κ1) is 18.0. The van der Waals surface area contributed by atoms with Crippen molar-refractivity contribution < 1.29 is 13.2 Å². The third-order valence-corrected chi connectivity index (χ3v) is 7.18. The highest BCUT2D eigenvalue weighted by Crippen LogP contribution is 2.44. The third-order valence-electron chi connectivity index (χ3n) is 5.79. The molecule has 4 rings (SSSR count). The lowest BCUT2D eigenvalue weighted by atomic mass is 9.95. The van der Waals surface area contributed by atoms with Gasteiger partial charge in [-0.1, -0.05) is 24.1 Å². The molecule has 142 valence electrons. The number of anilines is 1. The summed E-state index contributed by atoms with van der Waals surface area (Å²) in [5.41, 5.74) is 1.99. The molecule has 2 fully saturated rings. The maximum absolute atomic E-state index is 12.5. The highest BCUT2D eigenvalue weighted by Gasteiger charge is 2.40. The molecular formula is C21H24N2O3S. The molecule has 0 aromatic heterocycles. The van der Waals surface area contributed by atoms with Crippen molar-refractivity contribution >= 4 is 21.6 Å². The SMILES string of the molecule is Cc1ccc(S(=O)(=O)Nc2ccc(C(=O)NC3CC4CCC3C4)cc2)cc1. The first-order valence-electron chi connectivity index (χ1n) is 9.41. The van der Waals surface area contributed by atoms with E-state index in [4.69, 9.17) is 0 Å². The van der Waals surface area contributed by atoms with E-state index in [-0.39, 0.29) is 16.8 Å². The lowest BCUT2D eigenvalue weighted by Gasteiger charge is -2.22. The molecule has 6 heteroatoms. The molecule has 2 bridgehead atoms. The Balaban J connectivity index is 1.41. The van der Waals surface area contributed by atoms with Crippen molar-refractivity contribution in [2.45, 2.75) is 43.5 Å². The van der Waals surface area contributed by atoms with Gasteiger partial charge in [0.1, 0.15) is 0 Å². The Morgan fingerprint density at radius 1 is 0.963 bits per heavy atom. The van der Waals surface area contributed by atoms with Crippen molar-refractivity contribution in [3.05, 3.63) is 59.7 Å². The van der Waals surface area contributed by atoms with Crippen molar-refractivity contribution in [2.24, 2.45) is 11.8 Å². The van der Waals surface area contributed by atoms with E-state index < -0.39 is 10.0 Å². The van der Waals surface area contributed by atoms with Gasteiger partial charge < -0.3 is 5.32 Å². The van der Waals surface area contributed by atoms with Crippen LogP contribution < -0.4 is 10.0 Å². The van der Waals surface area contributed by atoms with Crippen LogP contribution in [0.25, 0.3) is 0 Å². The van der Waals surface area contributed by atoms with E-state index in [1.807, 2.05) is 6.92 Å². The van der Waals surface area contributed by atoms with Gasteiger partial charge in [-0.05, 0) is 74.4 Å². The van der Waals surface area contributed by atoms with Crippen LogP contribution in [0, 0.1) is 18.8 Å². The van der Waals surface area contributed by atoms with E-state index in [2.05, 4.69) is 10.0 Å². The fraction of sp³-hybridized carbons (Fsp3) is 0.381. The van der Waals surface area contributed by atoms with Gasteiger partial charge in [0.15, 0.2) is 0 Å². The van der Waals surface area contributed by atoms with Gasteiger partial charge in [-0.3, -0.25) is 9.52 Å². The minimum atomic E-state index is -3.64. The Morgan fingerprint density at radius 2 is 1.67 bits per heavy atom. The lowest BCUT2D eigenvalue weighted by Crippen LogP contribution is -2.38. The van der Waals surface area contributed by atoms with Crippen molar-refractivity contribution in [3.63, 3.8) is 0 Å². The average Bonchev–Trinajstić information content (AvgIpc) is 3.25.